The summed E-state index contributed by atoms with van der Waals surface area (Å²) >= 11 is 0. The lowest BCUT2D eigenvalue weighted by atomic mass is 10.3. The highest BCUT2D eigenvalue weighted by molar-refractivity contribution is 5.88. The minimum Gasteiger partial charge on any atom is -0.386 e. The molecule has 0 saturated carbocycles. The fraction of sp³-hybridized carbons (Fsp3) is 0. The van der Waals surface area contributed by atoms with E-state index in [2.05, 4.69) is 22.8 Å². The van der Waals surface area contributed by atoms with Gasteiger partial charge in [0.1, 0.15) is 0 Å². The van der Waals surface area contributed by atoms with Crippen LogP contribution in [-0.2, 0) is 0 Å². The first kappa shape index (κ1) is 5.77. The highest BCUT2D eigenvalue weighted by Gasteiger charge is 2.01. The maximum Gasteiger partial charge on any atom is 0.382 e. The Labute approximate surface area is 66.8 Å². The number of H-pyrrole nitrogens is 2. The van der Waals surface area contributed by atoms with Gasteiger partial charge in [0.25, 0.3) is 0 Å². The zero-order valence-corrected chi connectivity index (χ0v) is 5.97. The van der Waals surface area contributed by atoms with Crippen LogP contribution in [0.2, 0.25) is 0 Å². The smallest absolute Gasteiger partial charge is 0.382 e. The number of rotatable bonds is 0. The van der Waals surface area contributed by atoms with E-state index < -0.39 is 0 Å². The van der Waals surface area contributed by atoms with Crippen molar-refractivity contribution in [2.75, 3.05) is 0 Å². The molecule has 1 aromatic carbocycles. The Morgan fingerprint density at radius 2 is 1.42 bits per heavy atom. The van der Waals surface area contributed by atoms with Crippen LogP contribution in [0.5, 0.6) is 0 Å². The van der Waals surface area contributed by atoms with E-state index in [1.807, 2.05) is 12.1 Å². The van der Waals surface area contributed by atoms with E-state index in [1.54, 1.807) is 0 Å². The fourth-order valence-corrected chi connectivity index (χ4v) is 1.20. The van der Waals surface area contributed by atoms with Crippen LogP contribution in [0.3, 0.4) is 0 Å². The van der Waals surface area contributed by atoms with Gasteiger partial charge in [0.2, 0.25) is 11.2 Å². The number of fused-ring (bicyclic) bond motifs is 2. The van der Waals surface area contributed by atoms with Crippen LogP contribution >= 0.6 is 0 Å². The van der Waals surface area contributed by atoms with Crippen LogP contribution in [0.1, 0.15) is 0 Å². The second-order valence-corrected chi connectivity index (χ2v) is 2.50. The van der Waals surface area contributed by atoms with Crippen LogP contribution in [-0.4, -0.2) is 9.97 Å². The van der Waals surface area contributed by atoms with Crippen LogP contribution in [0.15, 0.2) is 21.0 Å². The number of aromatic amines is 2. The van der Waals surface area contributed by atoms with Gasteiger partial charge in [-0.1, -0.05) is 12.1 Å². The minimum absolute atomic E-state index is 0.744. The number of nitrogens with one attached hydrogen (secondary N) is 2. The predicted molar refractivity (Wildman–Crippen MR) is 41.2 cm³/mol. The van der Waals surface area contributed by atoms with E-state index in [-0.39, 0.29) is 0 Å². The van der Waals surface area contributed by atoms with Crippen molar-refractivity contribution in [1.82, 2.24) is 9.97 Å². The maximum atomic E-state index is 5.04. The molecule has 2 aromatic heterocycles. The van der Waals surface area contributed by atoms with Gasteiger partial charge < -0.3 is 18.8 Å². The summed E-state index contributed by atoms with van der Waals surface area (Å²) in [5.41, 5.74) is 3.21. The summed E-state index contributed by atoms with van der Waals surface area (Å²) in [5.74, 6) is 0. The van der Waals surface area contributed by atoms with Gasteiger partial charge in [0.15, 0.2) is 0 Å². The van der Waals surface area contributed by atoms with E-state index in [1.165, 1.54) is 0 Å². The third-order valence-corrected chi connectivity index (χ3v) is 1.78. The van der Waals surface area contributed by atoms with Crippen molar-refractivity contribution < 1.29 is 8.83 Å². The average molecular weight is 160 g/mol. The lowest BCUT2D eigenvalue weighted by Crippen LogP contribution is -1.68. The summed E-state index contributed by atoms with van der Waals surface area (Å²) in [4.78, 5) is 5.64. The monoisotopic (exact) mass is 160 g/mol. The molecule has 0 aliphatic rings. The molecule has 0 aliphatic heterocycles. The summed E-state index contributed by atoms with van der Waals surface area (Å²) in [6.07, 6.45) is 5.07. The van der Waals surface area contributed by atoms with Crippen LogP contribution < -0.4 is 0 Å². The molecule has 0 saturated heterocycles. The third kappa shape index (κ3) is 0.611. The SMILES string of the molecule is [c-]1[nH]c2cc3[o+][c-][nH]c3cc2[o+]1. The third-order valence-electron chi connectivity index (χ3n) is 1.78. The van der Waals surface area contributed by atoms with E-state index >= 15 is 0 Å². The standard InChI is InChI=1S/C8H4N2O2/c1-5-8(12-3-9-5)2-6-7(1)11-4-10-6/h1-2,9-10H. The molecule has 0 unspecified atom stereocenters. The summed E-state index contributed by atoms with van der Waals surface area (Å²) in [5, 5.41) is 0. The predicted octanol–water partition coefficient (Wildman–Crippen LogP) is 2.00. The average Bonchev–Trinajstić information content (AvgIpc) is 2.64. The van der Waals surface area contributed by atoms with E-state index in [9.17, 15) is 0 Å². The van der Waals surface area contributed by atoms with E-state index in [4.69, 9.17) is 8.83 Å². The van der Waals surface area contributed by atoms with Crippen molar-refractivity contribution in [2.45, 2.75) is 0 Å². The summed E-state index contributed by atoms with van der Waals surface area (Å²) in [6.45, 7) is 0. The molecule has 0 atom stereocenters. The Bertz CT molecular complexity index is 447. The van der Waals surface area contributed by atoms with E-state index in [0.717, 1.165) is 22.2 Å². The van der Waals surface area contributed by atoms with Crippen LogP contribution in [0.4, 0.5) is 0 Å². The number of hydrogen-bond donors (Lipinski definition) is 2. The van der Waals surface area contributed by atoms with Gasteiger partial charge in [-0.3, -0.25) is 0 Å². The lowest BCUT2D eigenvalue weighted by molar-refractivity contribution is 0.590. The molecule has 0 fully saturated rings. The zero-order valence-electron chi connectivity index (χ0n) is 5.97. The summed E-state index contributed by atoms with van der Waals surface area (Å²) in [6, 6.07) is 3.66. The molecule has 4 nitrogen and oxygen atoms in total. The Morgan fingerprint density at radius 1 is 0.917 bits per heavy atom. The zero-order chi connectivity index (χ0) is 7.97. The van der Waals surface area contributed by atoms with Gasteiger partial charge in [-0.25, -0.2) is 0 Å². The molecule has 3 aromatic rings. The number of hydrogen-bond acceptors (Lipinski definition) is 0. The fourth-order valence-electron chi connectivity index (χ4n) is 1.20. The molecule has 2 N–H and O–H groups in total. The van der Waals surface area contributed by atoms with Crippen molar-refractivity contribution >= 4 is 22.2 Å². The molecule has 2 heterocycles. The molecular weight excluding hydrogens is 156 g/mol. The summed E-state index contributed by atoms with van der Waals surface area (Å²) < 4.78 is 10.1. The molecule has 58 valence electrons. The largest absolute Gasteiger partial charge is 0.386 e. The normalized spacial score (nSPS) is 11.3. The second-order valence-electron chi connectivity index (χ2n) is 2.50. The molecule has 3 rings (SSSR count). The van der Waals surface area contributed by atoms with Crippen molar-refractivity contribution in [2.24, 2.45) is 0 Å². The van der Waals surface area contributed by atoms with Crippen molar-refractivity contribution in [3.8, 4) is 0 Å². The van der Waals surface area contributed by atoms with Gasteiger partial charge in [-0.15, -0.1) is 0 Å². The maximum absolute atomic E-state index is 5.04. The van der Waals surface area contributed by atoms with Gasteiger partial charge in [0, 0.05) is 0 Å². The Hall–Kier alpha value is -1.84. The number of oxazole rings is 2. The minimum atomic E-state index is 0.744. The highest BCUT2D eigenvalue weighted by atomic mass is 16.3. The van der Waals surface area contributed by atoms with Crippen molar-refractivity contribution in [3.05, 3.63) is 24.9 Å². The quantitative estimate of drug-likeness (QED) is 0.390. The van der Waals surface area contributed by atoms with Gasteiger partial charge >= 0.3 is 12.8 Å². The molecule has 0 radical (unpaired) electrons. The molecule has 0 aliphatic carbocycles. The number of aromatic nitrogens is 2. The Morgan fingerprint density at radius 3 is 1.92 bits per heavy atom. The van der Waals surface area contributed by atoms with Crippen molar-refractivity contribution in [3.63, 3.8) is 0 Å². The molecule has 0 bridgehead atoms. The molecule has 12 heavy (non-hydrogen) atoms. The first-order chi connectivity index (χ1) is 5.93. The highest BCUT2D eigenvalue weighted by Crippen LogP contribution is 2.19. The van der Waals surface area contributed by atoms with Gasteiger partial charge in [0.05, 0.1) is 0 Å². The van der Waals surface area contributed by atoms with Crippen LogP contribution in [0, 0.1) is 12.8 Å². The first-order valence-corrected chi connectivity index (χ1v) is 3.47. The van der Waals surface area contributed by atoms with Gasteiger partial charge in [-0.05, 0) is 11.0 Å². The van der Waals surface area contributed by atoms with Gasteiger partial charge in [-0.2, -0.15) is 0 Å². The van der Waals surface area contributed by atoms with Crippen LogP contribution in [0.25, 0.3) is 22.2 Å². The second kappa shape index (κ2) is 1.85. The summed E-state index contributed by atoms with van der Waals surface area (Å²) in [7, 11) is 0. The topological polar surface area (TPSA) is 54.2 Å². The first-order valence-electron chi connectivity index (χ1n) is 3.47. The lowest BCUT2D eigenvalue weighted by Gasteiger charge is -1.89. The van der Waals surface area contributed by atoms with Crippen molar-refractivity contribution in [1.29, 1.82) is 0 Å². The Balaban J connectivity index is 2.62. The molecular formula is C8H4N2O2. The number of benzene rings is 1. The Kier molecular flexibility index (Phi) is 0.889. The molecule has 4 heteroatoms. The molecule has 0 amide bonds. The van der Waals surface area contributed by atoms with E-state index in [0.29, 0.717) is 0 Å². The molecule has 0 spiro atoms.